The zero-order chi connectivity index (χ0) is 13.7. The van der Waals surface area contributed by atoms with E-state index in [0.29, 0.717) is 25.4 Å². The molecule has 104 valence electrons. The molecule has 2 N–H and O–H groups in total. The highest BCUT2D eigenvalue weighted by molar-refractivity contribution is 5.75. The number of nitrogens with one attached hydrogen (secondary N) is 2. The fourth-order valence-corrected chi connectivity index (χ4v) is 2.28. The zero-order valence-electron chi connectivity index (χ0n) is 11.3. The molecule has 0 saturated heterocycles. The molecule has 1 aromatic rings. The van der Waals surface area contributed by atoms with Crippen LogP contribution in [0.25, 0.3) is 0 Å². The predicted molar refractivity (Wildman–Crippen MR) is 73.2 cm³/mol. The zero-order valence-corrected chi connectivity index (χ0v) is 11.3. The van der Waals surface area contributed by atoms with E-state index < -0.39 is 0 Å². The standard InChI is InChI=1S/C15H21FN2O/c1-2-17-14(19)9-10-18-15(11-3-4-11)12-5-7-13(16)8-6-12/h5-8,11,15,18H,2-4,9-10H2,1H3,(H,17,19). The Balaban J connectivity index is 1.86. The van der Waals surface area contributed by atoms with Gasteiger partial charge in [-0.3, -0.25) is 4.79 Å². The van der Waals surface area contributed by atoms with Crippen molar-refractivity contribution in [2.75, 3.05) is 13.1 Å². The van der Waals surface area contributed by atoms with Crippen LogP contribution in [-0.4, -0.2) is 19.0 Å². The van der Waals surface area contributed by atoms with Gasteiger partial charge in [-0.2, -0.15) is 0 Å². The number of carbonyl (C=O) groups is 1. The third kappa shape index (κ3) is 4.31. The molecule has 0 spiro atoms. The summed E-state index contributed by atoms with van der Waals surface area (Å²) in [5, 5.41) is 6.21. The van der Waals surface area contributed by atoms with Gasteiger partial charge in [-0.25, -0.2) is 4.39 Å². The molecule has 0 radical (unpaired) electrons. The van der Waals surface area contributed by atoms with Gasteiger partial charge in [-0.15, -0.1) is 0 Å². The molecule has 1 aliphatic rings. The van der Waals surface area contributed by atoms with Crippen molar-refractivity contribution in [3.63, 3.8) is 0 Å². The smallest absolute Gasteiger partial charge is 0.221 e. The van der Waals surface area contributed by atoms with E-state index in [2.05, 4.69) is 10.6 Å². The second-order valence-corrected chi connectivity index (χ2v) is 5.02. The van der Waals surface area contributed by atoms with Crippen molar-refractivity contribution in [3.8, 4) is 0 Å². The van der Waals surface area contributed by atoms with Crippen molar-refractivity contribution in [1.29, 1.82) is 0 Å². The van der Waals surface area contributed by atoms with Crippen molar-refractivity contribution in [2.45, 2.75) is 32.2 Å². The Hall–Kier alpha value is -1.42. The molecule has 1 amide bonds. The number of benzene rings is 1. The molecule has 0 heterocycles. The molecule has 2 rings (SSSR count). The third-order valence-corrected chi connectivity index (χ3v) is 3.41. The van der Waals surface area contributed by atoms with Crippen LogP contribution in [0.15, 0.2) is 24.3 Å². The predicted octanol–water partition coefficient (Wildman–Crippen LogP) is 2.39. The summed E-state index contributed by atoms with van der Waals surface area (Å²) in [5.74, 6) is 0.490. The number of amides is 1. The molecule has 3 nitrogen and oxygen atoms in total. The summed E-state index contributed by atoms with van der Waals surface area (Å²) >= 11 is 0. The normalized spacial score (nSPS) is 16.1. The van der Waals surface area contributed by atoms with E-state index in [1.54, 1.807) is 0 Å². The Labute approximate surface area is 113 Å². The van der Waals surface area contributed by atoms with Gasteiger partial charge in [0.15, 0.2) is 0 Å². The van der Waals surface area contributed by atoms with Crippen LogP contribution in [0.2, 0.25) is 0 Å². The highest BCUT2D eigenvalue weighted by atomic mass is 19.1. The van der Waals surface area contributed by atoms with Crippen LogP contribution >= 0.6 is 0 Å². The summed E-state index contributed by atoms with van der Waals surface area (Å²) in [6, 6.07) is 6.90. The molecular weight excluding hydrogens is 243 g/mol. The summed E-state index contributed by atoms with van der Waals surface area (Å²) in [6.07, 6.45) is 2.89. The molecular formula is C15H21FN2O. The Morgan fingerprint density at radius 2 is 2.05 bits per heavy atom. The largest absolute Gasteiger partial charge is 0.356 e. The van der Waals surface area contributed by atoms with Gasteiger partial charge >= 0.3 is 0 Å². The third-order valence-electron chi connectivity index (χ3n) is 3.41. The highest BCUT2D eigenvalue weighted by Gasteiger charge is 2.31. The molecule has 0 aromatic heterocycles. The minimum Gasteiger partial charge on any atom is -0.356 e. The average molecular weight is 264 g/mol. The second-order valence-electron chi connectivity index (χ2n) is 5.02. The average Bonchev–Trinajstić information content (AvgIpc) is 3.21. The minimum absolute atomic E-state index is 0.0728. The first kappa shape index (κ1) is 14.0. The van der Waals surface area contributed by atoms with E-state index in [9.17, 15) is 9.18 Å². The first-order valence-corrected chi connectivity index (χ1v) is 6.96. The van der Waals surface area contributed by atoms with E-state index in [0.717, 1.165) is 5.56 Å². The number of hydrogen-bond acceptors (Lipinski definition) is 2. The van der Waals surface area contributed by atoms with E-state index in [1.165, 1.54) is 25.0 Å². The van der Waals surface area contributed by atoms with Crippen LogP contribution in [0.5, 0.6) is 0 Å². The maximum Gasteiger partial charge on any atom is 0.221 e. The van der Waals surface area contributed by atoms with Crippen molar-refractivity contribution in [2.24, 2.45) is 5.92 Å². The lowest BCUT2D eigenvalue weighted by atomic mass is 10.0. The van der Waals surface area contributed by atoms with Crippen LogP contribution in [0, 0.1) is 11.7 Å². The topological polar surface area (TPSA) is 41.1 Å². The number of rotatable bonds is 7. The Morgan fingerprint density at radius 3 is 2.63 bits per heavy atom. The maximum atomic E-state index is 12.9. The van der Waals surface area contributed by atoms with Gasteiger partial charge in [0.2, 0.25) is 5.91 Å². The molecule has 0 aliphatic heterocycles. The highest BCUT2D eigenvalue weighted by Crippen LogP contribution is 2.40. The lowest BCUT2D eigenvalue weighted by Crippen LogP contribution is -2.30. The Kier molecular flexibility index (Phi) is 4.91. The molecule has 1 aliphatic carbocycles. The number of halogens is 1. The fourth-order valence-electron chi connectivity index (χ4n) is 2.28. The van der Waals surface area contributed by atoms with Gasteiger partial charge in [-0.1, -0.05) is 12.1 Å². The van der Waals surface area contributed by atoms with Gasteiger partial charge in [0, 0.05) is 25.6 Å². The van der Waals surface area contributed by atoms with Gasteiger partial charge in [-0.05, 0) is 43.4 Å². The quantitative estimate of drug-likeness (QED) is 0.794. The van der Waals surface area contributed by atoms with Crippen molar-refractivity contribution in [1.82, 2.24) is 10.6 Å². The molecule has 4 heteroatoms. The first-order valence-electron chi connectivity index (χ1n) is 6.96. The molecule has 1 fully saturated rings. The van der Waals surface area contributed by atoms with Crippen LogP contribution in [0.1, 0.15) is 37.8 Å². The number of hydrogen-bond donors (Lipinski definition) is 2. The van der Waals surface area contributed by atoms with Gasteiger partial charge in [0.05, 0.1) is 0 Å². The molecule has 1 unspecified atom stereocenters. The monoisotopic (exact) mass is 264 g/mol. The van der Waals surface area contributed by atoms with E-state index in [4.69, 9.17) is 0 Å². The number of carbonyl (C=O) groups excluding carboxylic acids is 1. The summed E-state index contributed by atoms with van der Waals surface area (Å²) in [7, 11) is 0. The van der Waals surface area contributed by atoms with Crippen LogP contribution in [-0.2, 0) is 4.79 Å². The Bertz CT molecular complexity index is 415. The van der Waals surface area contributed by atoms with Crippen LogP contribution in [0.4, 0.5) is 4.39 Å². The molecule has 19 heavy (non-hydrogen) atoms. The van der Waals surface area contributed by atoms with Crippen LogP contribution < -0.4 is 10.6 Å². The van der Waals surface area contributed by atoms with Crippen molar-refractivity contribution in [3.05, 3.63) is 35.6 Å². The second kappa shape index (κ2) is 6.66. The van der Waals surface area contributed by atoms with E-state index in [1.807, 2.05) is 19.1 Å². The fraction of sp³-hybridized carbons (Fsp3) is 0.533. The minimum atomic E-state index is -0.208. The van der Waals surface area contributed by atoms with Crippen molar-refractivity contribution < 1.29 is 9.18 Å². The maximum absolute atomic E-state index is 12.9. The molecule has 1 atom stereocenters. The van der Waals surface area contributed by atoms with Gasteiger partial charge in [0.25, 0.3) is 0 Å². The van der Waals surface area contributed by atoms with Gasteiger partial charge in [0.1, 0.15) is 5.82 Å². The van der Waals surface area contributed by atoms with Crippen molar-refractivity contribution >= 4 is 5.91 Å². The summed E-state index contributed by atoms with van der Waals surface area (Å²) < 4.78 is 12.9. The summed E-state index contributed by atoms with van der Waals surface area (Å²) in [4.78, 5) is 11.4. The van der Waals surface area contributed by atoms with E-state index in [-0.39, 0.29) is 17.8 Å². The van der Waals surface area contributed by atoms with Crippen LogP contribution in [0.3, 0.4) is 0 Å². The van der Waals surface area contributed by atoms with Gasteiger partial charge < -0.3 is 10.6 Å². The molecule has 0 bridgehead atoms. The Morgan fingerprint density at radius 1 is 1.37 bits per heavy atom. The van der Waals surface area contributed by atoms with E-state index >= 15 is 0 Å². The SMILES string of the molecule is CCNC(=O)CCNC(c1ccc(F)cc1)C1CC1. The molecule has 1 aromatic carbocycles. The summed E-state index contributed by atoms with van der Waals surface area (Å²) in [6.45, 7) is 3.24. The lowest BCUT2D eigenvalue weighted by molar-refractivity contribution is -0.120. The molecule has 1 saturated carbocycles. The lowest BCUT2D eigenvalue weighted by Gasteiger charge is -2.18. The first-order chi connectivity index (χ1) is 9.20. The summed E-state index contributed by atoms with van der Waals surface area (Å²) in [5.41, 5.74) is 1.11.